The van der Waals surface area contributed by atoms with Gasteiger partial charge in [-0.2, -0.15) is 0 Å². The highest BCUT2D eigenvalue weighted by molar-refractivity contribution is 5.74. The Morgan fingerprint density at radius 1 is 0.967 bits per heavy atom. The number of hydrogen-bond acceptors (Lipinski definition) is 7. The van der Waals surface area contributed by atoms with Crippen molar-refractivity contribution >= 4 is 23.0 Å². The molecule has 0 spiro atoms. The Balaban J connectivity index is 1.49. The van der Waals surface area contributed by atoms with Gasteiger partial charge in [0.15, 0.2) is 0 Å². The summed E-state index contributed by atoms with van der Waals surface area (Å²) < 4.78 is 10.4. The summed E-state index contributed by atoms with van der Waals surface area (Å²) in [5, 5.41) is 18.8. The average molecular weight is 411 g/mol. The summed E-state index contributed by atoms with van der Waals surface area (Å²) in [6.45, 7) is 2.18. The van der Waals surface area contributed by atoms with Crippen LogP contribution in [0.3, 0.4) is 0 Å². The van der Waals surface area contributed by atoms with Gasteiger partial charge in [-0.3, -0.25) is 9.59 Å². The van der Waals surface area contributed by atoms with E-state index in [0.29, 0.717) is 41.9 Å². The molecule has 0 aliphatic carbocycles. The summed E-state index contributed by atoms with van der Waals surface area (Å²) in [5.41, 5.74) is 1.73. The summed E-state index contributed by atoms with van der Waals surface area (Å²) in [6, 6.07) is 11.9. The highest BCUT2D eigenvalue weighted by Gasteiger charge is 2.12. The number of carbonyl (C=O) groups excluding carboxylic acids is 2. The quantitative estimate of drug-likeness (QED) is 0.306. The maximum atomic E-state index is 12.1. The molecule has 0 radical (unpaired) electrons. The molecule has 0 fully saturated rings. The Morgan fingerprint density at radius 2 is 1.67 bits per heavy atom. The van der Waals surface area contributed by atoms with E-state index in [1.165, 1.54) is 23.0 Å². The van der Waals surface area contributed by atoms with Crippen LogP contribution in [0.25, 0.3) is 16.7 Å². The Kier molecular flexibility index (Phi) is 7.37. The summed E-state index contributed by atoms with van der Waals surface area (Å²) in [7, 11) is 0. The Labute approximate surface area is 174 Å². The molecule has 1 N–H and O–H groups in total. The van der Waals surface area contributed by atoms with E-state index >= 15 is 0 Å². The number of ether oxygens (including phenoxy) is 2. The fraction of sp³-hybridized carbons (Fsp3) is 0.364. The van der Waals surface area contributed by atoms with Crippen LogP contribution in [0.5, 0.6) is 11.5 Å². The zero-order valence-electron chi connectivity index (χ0n) is 16.9. The molecule has 0 aliphatic rings. The van der Waals surface area contributed by atoms with E-state index in [-0.39, 0.29) is 24.1 Å². The van der Waals surface area contributed by atoms with Crippen LogP contribution in [0.4, 0.5) is 0 Å². The molecule has 0 aliphatic heterocycles. The smallest absolute Gasteiger partial charge is 0.311 e. The van der Waals surface area contributed by atoms with Gasteiger partial charge in [-0.05, 0) is 37.1 Å². The van der Waals surface area contributed by atoms with E-state index in [1.807, 2.05) is 24.3 Å². The zero-order valence-corrected chi connectivity index (χ0v) is 16.9. The lowest BCUT2D eigenvalue weighted by Gasteiger charge is -2.08. The standard InChI is InChI=1S/C22H25N3O5/c1-2-21(27)29-14-8-4-3-5-11-22(28)30-16-12-13-20(26)19(15-16)25-23-17-9-6-7-10-18(17)24-25/h6-7,9-10,12-13,15,26H,2-5,8,11,14H2,1H3. The fourth-order valence-electron chi connectivity index (χ4n) is 2.89. The second-order valence-corrected chi connectivity index (χ2v) is 6.84. The molecule has 158 valence electrons. The first-order chi connectivity index (χ1) is 14.6. The number of rotatable bonds is 10. The molecule has 0 amide bonds. The monoisotopic (exact) mass is 411 g/mol. The fourth-order valence-corrected chi connectivity index (χ4v) is 2.89. The Bertz CT molecular complexity index is 982. The van der Waals surface area contributed by atoms with Gasteiger partial charge in [-0.15, -0.1) is 15.0 Å². The number of benzene rings is 2. The third kappa shape index (κ3) is 5.79. The van der Waals surface area contributed by atoms with Crippen molar-refractivity contribution < 1.29 is 24.2 Å². The van der Waals surface area contributed by atoms with Gasteiger partial charge in [0.1, 0.15) is 28.2 Å². The number of unbranched alkanes of at least 4 members (excludes halogenated alkanes) is 3. The normalized spacial score (nSPS) is 10.8. The SMILES string of the molecule is CCC(=O)OCCCCCCC(=O)Oc1ccc(O)c(-n2nc3ccccc3n2)c1. The first-order valence-electron chi connectivity index (χ1n) is 10.1. The van der Waals surface area contributed by atoms with Crippen molar-refractivity contribution in [2.75, 3.05) is 6.61 Å². The molecule has 1 aromatic heterocycles. The molecular formula is C22H25N3O5. The van der Waals surface area contributed by atoms with E-state index in [1.54, 1.807) is 6.92 Å². The second kappa shape index (κ2) is 10.4. The predicted molar refractivity (Wildman–Crippen MR) is 110 cm³/mol. The molecule has 0 atom stereocenters. The van der Waals surface area contributed by atoms with Crippen molar-refractivity contribution in [3.8, 4) is 17.2 Å². The Morgan fingerprint density at radius 3 is 2.37 bits per heavy atom. The van der Waals surface area contributed by atoms with Crippen LogP contribution >= 0.6 is 0 Å². The summed E-state index contributed by atoms with van der Waals surface area (Å²) in [4.78, 5) is 24.5. The van der Waals surface area contributed by atoms with Crippen LogP contribution in [-0.2, 0) is 14.3 Å². The van der Waals surface area contributed by atoms with E-state index in [2.05, 4.69) is 10.2 Å². The summed E-state index contributed by atoms with van der Waals surface area (Å²) >= 11 is 0. The molecule has 8 nitrogen and oxygen atoms in total. The number of aromatic nitrogens is 3. The van der Waals surface area contributed by atoms with Crippen LogP contribution in [0.1, 0.15) is 45.4 Å². The topological polar surface area (TPSA) is 104 Å². The molecule has 0 unspecified atom stereocenters. The Hall–Kier alpha value is -3.42. The summed E-state index contributed by atoms with van der Waals surface area (Å²) in [5.74, 6) is -0.229. The highest BCUT2D eigenvalue weighted by Crippen LogP contribution is 2.27. The van der Waals surface area contributed by atoms with Gasteiger partial charge in [-0.1, -0.05) is 31.9 Å². The molecule has 30 heavy (non-hydrogen) atoms. The van der Waals surface area contributed by atoms with E-state index < -0.39 is 0 Å². The number of phenols is 1. The minimum Gasteiger partial charge on any atom is -0.506 e. The number of nitrogens with zero attached hydrogens (tertiary/aromatic N) is 3. The molecule has 0 saturated heterocycles. The van der Waals surface area contributed by atoms with E-state index in [9.17, 15) is 14.7 Å². The van der Waals surface area contributed by atoms with Crippen molar-refractivity contribution in [3.63, 3.8) is 0 Å². The van der Waals surface area contributed by atoms with Crippen molar-refractivity contribution in [1.29, 1.82) is 0 Å². The second-order valence-electron chi connectivity index (χ2n) is 6.84. The van der Waals surface area contributed by atoms with Crippen LogP contribution < -0.4 is 4.74 Å². The number of fused-ring (bicyclic) bond motifs is 1. The molecule has 0 saturated carbocycles. The number of esters is 2. The van der Waals surface area contributed by atoms with Gasteiger partial charge in [0.2, 0.25) is 0 Å². The first kappa shape index (κ1) is 21.3. The third-order valence-corrected chi connectivity index (χ3v) is 4.51. The van der Waals surface area contributed by atoms with Crippen molar-refractivity contribution in [3.05, 3.63) is 42.5 Å². The van der Waals surface area contributed by atoms with Crippen LogP contribution in [-0.4, -0.2) is 38.6 Å². The van der Waals surface area contributed by atoms with Crippen molar-refractivity contribution in [1.82, 2.24) is 15.0 Å². The lowest BCUT2D eigenvalue weighted by atomic mass is 10.1. The number of aromatic hydroxyl groups is 1. The van der Waals surface area contributed by atoms with Gasteiger partial charge in [0, 0.05) is 18.9 Å². The minimum absolute atomic E-state index is 0.0149. The average Bonchev–Trinajstić information content (AvgIpc) is 3.18. The largest absolute Gasteiger partial charge is 0.506 e. The van der Waals surface area contributed by atoms with Gasteiger partial charge in [0.25, 0.3) is 0 Å². The number of phenolic OH excluding ortho intramolecular Hbond substituents is 1. The van der Waals surface area contributed by atoms with Gasteiger partial charge in [0.05, 0.1) is 6.61 Å². The third-order valence-electron chi connectivity index (χ3n) is 4.51. The molecule has 3 aromatic rings. The van der Waals surface area contributed by atoms with Crippen LogP contribution in [0.15, 0.2) is 42.5 Å². The number of carbonyl (C=O) groups is 2. The molecule has 1 heterocycles. The van der Waals surface area contributed by atoms with Gasteiger partial charge >= 0.3 is 11.9 Å². The van der Waals surface area contributed by atoms with E-state index in [4.69, 9.17) is 9.47 Å². The molecule has 2 aromatic carbocycles. The first-order valence-corrected chi connectivity index (χ1v) is 10.1. The molecule has 8 heteroatoms. The highest BCUT2D eigenvalue weighted by atomic mass is 16.5. The maximum absolute atomic E-state index is 12.1. The lowest BCUT2D eigenvalue weighted by Crippen LogP contribution is -2.08. The van der Waals surface area contributed by atoms with Gasteiger partial charge < -0.3 is 14.6 Å². The maximum Gasteiger partial charge on any atom is 0.311 e. The summed E-state index contributed by atoms with van der Waals surface area (Å²) in [6.07, 6.45) is 3.88. The predicted octanol–water partition coefficient (Wildman–Crippen LogP) is 3.94. The van der Waals surface area contributed by atoms with Crippen molar-refractivity contribution in [2.45, 2.75) is 45.4 Å². The van der Waals surface area contributed by atoms with Crippen LogP contribution in [0, 0.1) is 0 Å². The van der Waals surface area contributed by atoms with Crippen LogP contribution in [0.2, 0.25) is 0 Å². The number of hydrogen-bond donors (Lipinski definition) is 1. The van der Waals surface area contributed by atoms with Gasteiger partial charge in [-0.25, -0.2) is 0 Å². The van der Waals surface area contributed by atoms with Crippen molar-refractivity contribution in [2.24, 2.45) is 0 Å². The minimum atomic E-state index is -0.345. The lowest BCUT2D eigenvalue weighted by molar-refractivity contribution is -0.143. The zero-order chi connectivity index (χ0) is 21.3. The van der Waals surface area contributed by atoms with E-state index in [0.717, 1.165) is 19.3 Å². The molecular weight excluding hydrogens is 386 g/mol. The molecule has 3 rings (SSSR count). The molecule has 0 bridgehead atoms.